The second-order valence-corrected chi connectivity index (χ2v) is 6.55. The molecule has 1 aromatic heterocycles. The van der Waals surface area contributed by atoms with Crippen molar-refractivity contribution in [3.63, 3.8) is 0 Å². The van der Waals surface area contributed by atoms with E-state index in [1.54, 1.807) is 52.8 Å². The van der Waals surface area contributed by atoms with Crippen molar-refractivity contribution in [2.45, 2.75) is 6.42 Å². The van der Waals surface area contributed by atoms with Crippen molar-refractivity contribution in [1.82, 2.24) is 5.16 Å². The van der Waals surface area contributed by atoms with Crippen molar-refractivity contribution in [3.05, 3.63) is 36.5 Å². The Labute approximate surface area is 180 Å². The molecular weight excluding hydrogens is 402 g/mol. The summed E-state index contributed by atoms with van der Waals surface area (Å²) in [5.74, 6) is 2.40. The molecule has 1 heterocycles. The summed E-state index contributed by atoms with van der Waals surface area (Å²) in [4.78, 5) is 12.1. The molecule has 0 fully saturated rings. The van der Waals surface area contributed by atoms with Crippen molar-refractivity contribution in [2.24, 2.45) is 0 Å². The first-order valence-corrected chi connectivity index (χ1v) is 9.58. The van der Waals surface area contributed by atoms with Gasteiger partial charge in [-0.05, 0) is 29.8 Å². The first kappa shape index (κ1) is 22.0. The lowest BCUT2D eigenvalue weighted by atomic mass is 10.0. The summed E-state index contributed by atoms with van der Waals surface area (Å²) in [6.07, 6.45) is 1.93. The number of carbonyl (C=O) groups excluding carboxylic acids is 1. The van der Waals surface area contributed by atoms with Gasteiger partial charge in [0.25, 0.3) is 0 Å². The van der Waals surface area contributed by atoms with Gasteiger partial charge >= 0.3 is 0 Å². The van der Waals surface area contributed by atoms with E-state index in [9.17, 15) is 4.79 Å². The van der Waals surface area contributed by atoms with E-state index in [2.05, 4.69) is 16.2 Å². The molecule has 0 unspecified atom stereocenters. The van der Waals surface area contributed by atoms with E-state index >= 15 is 0 Å². The number of rotatable bonds is 9. The molecule has 0 aliphatic carbocycles. The number of aromatic nitrogens is 1. The van der Waals surface area contributed by atoms with Crippen molar-refractivity contribution < 1.29 is 34.0 Å². The second kappa shape index (κ2) is 9.86. The Morgan fingerprint density at radius 3 is 2.23 bits per heavy atom. The van der Waals surface area contributed by atoms with Gasteiger partial charge in [0.05, 0.1) is 53.3 Å². The minimum Gasteiger partial charge on any atom is -0.495 e. The lowest BCUT2D eigenvalue weighted by molar-refractivity contribution is -0.365. The maximum Gasteiger partial charge on any atom is 0.230 e. The molecule has 0 saturated heterocycles. The predicted octanol–water partition coefficient (Wildman–Crippen LogP) is 2.61. The van der Waals surface area contributed by atoms with E-state index in [4.69, 9.17) is 23.5 Å². The van der Waals surface area contributed by atoms with E-state index in [-0.39, 0.29) is 5.91 Å². The SMILES string of the molecule is COc1ccc(-c2cnoc2-c2cc(OC)c(OC)c(OC)c2)cc1NC(=O)CC[NH3+]. The Bertz CT molecular complexity index is 1040. The van der Waals surface area contributed by atoms with Crippen LogP contribution in [0.4, 0.5) is 5.69 Å². The summed E-state index contributed by atoms with van der Waals surface area (Å²) < 4.78 is 27.2. The van der Waals surface area contributed by atoms with Crippen LogP contribution in [0.25, 0.3) is 22.5 Å². The molecule has 9 heteroatoms. The van der Waals surface area contributed by atoms with Crippen LogP contribution in [0, 0.1) is 0 Å². The third kappa shape index (κ3) is 4.56. The molecule has 31 heavy (non-hydrogen) atoms. The molecule has 0 atom stereocenters. The van der Waals surface area contributed by atoms with Gasteiger partial charge in [0.2, 0.25) is 11.7 Å². The summed E-state index contributed by atoms with van der Waals surface area (Å²) in [5, 5.41) is 6.84. The minimum absolute atomic E-state index is 0.138. The number of benzene rings is 2. The Hall–Kier alpha value is -3.72. The molecule has 0 radical (unpaired) electrons. The van der Waals surface area contributed by atoms with E-state index in [0.29, 0.717) is 53.0 Å². The normalized spacial score (nSPS) is 10.5. The van der Waals surface area contributed by atoms with Crippen LogP contribution in [0.1, 0.15) is 6.42 Å². The maximum absolute atomic E-state index is 12.1. The maximum atomic E-state index is 12.1. The highest BCUT2D eigenvalue weighted by Crippen LogP contribution is 2.43. The second-order valence-electron chi connectivity index (χ2n) is 6.55. The molecule has 0 aliphatic rings. The number of quaternary nitrogens is 1. The van der Waals surface area contributed by atoms with E-state index in [1.807, 2.05) is 12.1 Å². The number of ether oxygens (including phenoxy) is 4. The van der Waals surface area contributed by atoms with Gasteiger partial charge < -0.3 is 34.5 Å². The van der Waals surface area contributed by atoms with Crippen molar-refractivity contribution in [1.29, 1.82) is 0 Å². The summed E-state index contributed by atoms with van der Waals surface area (Å²) in [6.45, 7) is 0.505. The van der Waals surface area contributed by atoms with Crippen molar-refractivity contribution in [3.8, 4) is 45.4 Å². The molecule has 0 bridgehead atoms. The molecule has 3 aromatic rings. The Balaban J connectivity index is 2.07. The van der Waals surface area contributed by atoms with Gasteiger partial charge in [-0.15, -0.1) is 0 Å². The molecule has 0 saturated carbocycles. The smallest absolute Gasteiger partial charge is 0.230 e. The first-order chi connectivity index (χ1) is 15.1. The highest BCUT2D eigenvalue weighted by atomic mass is 16.5. The molecule has 3 rings (SSSR count). The highest BCUT2D eigenvalue weighted by molar-refractivity contribution is 5.94. The summed E-state index contributed by atoms with van der Waals surface area (Å²) >= 11 is 0. The zero-order valence-corrected chi connectivity index (χ0v) is 18.0. The van der Waals surface area contributed by atoms with Crippen LogP contribution in [0.5, 0.6) is 23.0 Å². The van der Waals surface area contributed by atoms with Crippen LogP contribution in [0.15, 0.2) is 41.1 Å². The standard InChI is InChI=1S/C22H25N3O6/c1-27-17-6-5-13(9-16(17)25-20(26)7-8-23)15-12-24-31-21(15)14-10-18(28-2)22(30-4)19(11-14)29-3/h5-6,9-12H,7-8,23H2,1-4H3,(H,25,26)/p+1. The minimum atomic E-state index is -0.138. The zero-order chi connectivity index (χ0) is 22.4. The Kier molecular flexibility index (Phi) is 6.99. The van der Waals surface area contributed by atoms with Gasteiger partial charge in [-0.25, -0.2) is 0 Å². The fourth-order valence-electron chi connectivity index (χ4n) is 3.21. The molecule has 0 aliphatic heterocycles. The van der Waals surface area contributed by atoms with Gasteiger partial charge in [0, 0.05) is 11.1 Å². The number of anilines is 1. The Morgan fingerprint density at radius 1 is 0.968 bits per heavy atom. The summed E-state index contributed by atoms with van der Waals surface area (Å²) in [6, 6.07) is 9.02. The lowest BCUT2D eigenvalue weighted by Gasteiger charge is -2.14. The van der Waals surface area contributed by atoms with E-state index in [0.717, 1.165) is 11.1 Å². The molecule has 2 aromatic carbocycles. The Morgan fingerprint density at radius 2 is 1.65 bits per heavy atom. The van der Waals surface area contributed by atoms with Gasteiger partial charge in [0.1, 0.15) is 5.75 Å². The molecular formula is C22H26N3O6+. The van der Waals surface area contributed by atoms with Gasteiger partial charge in [0.15, 0.2) is 17.3 Å². The summed E-state index contributed by atoms with van der Waals surface area (Å²) in [5.41, 5.74) is 6.47. The number of carbonyl (C=O) groups is 1. The number of hydrogen-bond donors (Lipinski definition) is 2. The van der Waals surface area contributed by atoms with E-state index in [1.165, 1.54) is 0 Å². The van der Waals surface area contributed by atoms with Crippen LogP contribution < -0.4 is 30.0 Å². The molecule has 0 spiro atoms. The number of nitrogens with zero attached hydrogens (tertiary/aromatic N) is 1. The van der Waals surface area contributed by atoms with Crippen LogP contribution >= 0.6 is 0 Å². The van der Waals surface area contributed by atoms with Gasteiger partial charge in [-0.1, -0.05) is 11.2 Å². The predicted molar refractivity (Wildman–Crippen MR) is 115 cm³/mol. The highest BCUT2D eigenvalue weighted by Gasteiger charge is 2.20. The monoisotopic (exact) mass is 428 g/mol. The summed E-state index contributed by atoms with van der Waals surface area (Å²) in [7, 11) is 6.19. The van der Waals surface area contributed by atoms with Crippen molar-refractivity contribution >= 4 is 11.6 Å². The lowest BCUT2D eigenvalue weighted by Crippen LogP contribution is -2.51. The number of nitrogens with one attached hydrogen (secondary N) is 1. The average molecular weight is 428 g/mol. The van der Waals surface area contributed by atoms with Gasteiger partial charge in [-0.3, -0.25) is 4.79 Å². The number of hydrogen-bond acceptors (Lipinski definition) is 7. The molecule has 4 N–H and O–H groups in total. The van der Waals surface area contributed by atoms with E-state index < -0.39 is 0 Å². The fourth-order valence-corrected chi connectivity index (χ4v) is 3.21. The van der Waals surface area contributed by atoms with Crippen LogP contribution in [0.2, 0.25) is 0 Å². The fraction of sp³-hybridized carbons (Fsp3) is 0.273. The third-order valence-electron chi connectivity index (χ3n) is 4.69. The van der Waals surface area contributed by atoms with Crippen LogP contribution in [-0.2, 0) is 4.79 Å². The zero-order valence-electron chi connectivity index (χ0n) is 18.0. The van der Waals surface area contributed by atoms with Crippen LogP contribution in [0.3, 0.4) is 0 Å². The topological polar surface area (TPSA) is 120 Å². The largest absolute Gasteiger partial charge is 0.495 e. The molecule has 9 nitrogen and oxygen atoms in total. The third-order valence-corrected chi connectivity index (χ3v) is 4.69. The average Bonchev–Trinajstić information content (AvgIpc) is 3.28. The number of methoxy groups -OCH3 is 4. The van der Waals surface area contributed by atoms with Gasteiger partial charge in [-0.2, -0.15) is 0 Å². The first-order valence-electron chi connectivity index (χ1n) is 9.58. The van der Waals surface area contributed by atoms with Crippen molar-refractivity contribution in [2.75, 3.05) is 40.3 Å². The quantitative estimate of drug-likeness (QED) is 0.537. The molecule has 164 valence electrons. The molecule has 1 amide bonds. The van der Waals surface area contributed by atoms with Crippen LogP contribution in [-0.4, -0.2) is 46.0 Å². The number of amides is 1.